The summed E-state index contributed by atoms with van der Waals surface area (Å²) in [7, 11) is 0. The summed E-state index contributed by atoms with van der Waals surface area (Å²) in [6, 6.07) is 53.8. The van der Waals surface area contributed by atoms with Crippen LogP contribution in [0.1, 0.15) is 132 Å². The van der Waals surface area contributed by atoms with Gasteiger partial charge in [-0.25, -0.2) is 4.98 Å². The Hall–Kier alpha value is -6.49. The van der Waals surface area contributed by atoms with E-state index in [-0.39, 0.29) is 48.1 Å². The maximum absolute atomic E-state index is 6.83. The number of pyridine rings is 2. The second kappa shape index (κ2) is 19.0. The van der Waals surface area contributed by atoms with Crippen LogP contribution in [0.5, 0.6) is 11.5 Å². The molecule has 6 aromatic carbocycles. The summed E-state index contributed by atoms with van der Waals surface area (Å²) in [5.41, 5.74) is 16.9. The summed E-state index contributed by atoms with van der Waals surface area (Å²) in [5, 5.41) is 2.21. The number of nitrogens with zero attached hydrogens (tertiary/aromatic N) is 5. The molecule has 0 amide bonds. The van der Waals surface area contributed by atoms with Gasteiger partial charge < -0.3 is 19.1 Å². The van der Waals surface area contributed by atoms with Crippen molar-refractivity contribution in [3.8, 4) is 39.6 Å². The van der Waals surface area contributed by atoms with Gasteiger partial charge in [-0.1, -0.05) is 158 Å². The Balaban J connectivity index is 0.00000672. The minimum atomic E-state index is -0.0674. The molecule has 0 spiro atoms. The van der Waals surface area contributed by atoms with Crippen LogP contribution >= 0.6 is 0 Å². The number of aromatic nitrogens is 3. The molecule has 4 heterocycles. The second-order valence-electron chi connectivity index (χ2n) is 25.1. The monoisotopic (exact) mass is 1160 g/mol. The van der Waals surface area contributed by atoms with Crippen molar-refractivity contribution < 1.29 is 25.8 Å². The first-order chi connectivity index (χ1) is 34.3. The van der Waals surface area contributed by atoms with Gasteiger partial charge in [0, 0.05) is 79.3 Å². The molecule has 0 unspecified atom stereocenters. The van der Waals surface area contributed by atoms with Gasteiger partial charge in [0.2, 0.25) is 0 Å². The number of anilines is 4. The summed E-state index contributed by atoms with van der Waals surface area (Å²) in [6.45, 7) is 36.4. The molecule has 0 atom stereocenters. The molecule has 1 aliphatic heterocycles. The number of benzene rings is 6. The molecule has 0 radical (unpaired) electrons. The van der Waals surface area contributed by atoms with Crippen LogP contribution < -0.4 is 14.5 Å². The Morgan fingerprint density at radius 3 is 1.69 bits per heavy atom. The number of ether oxygens (including phenoxy) is 1. The van der Waals surface area contributed by atoms with Crippen LogP contribution in [0.25, 0.3) is 49.9 Å². The quantitative estimate of drug-likeness (QED) is 0.149. The average Bonchev–Trinajstić information content (AvgIpc) is 3.89. The summed E-state index contributed by atoms with van der Waals surface area (Å²) in [4.78, 5) is 13.9. The molecule has 0 bridgehead atoms. The van der Waals surface area contributed by atoms with Gasteiger partial charge in [-0.3, -0.25) is 4.98 Å². The van der Waals surface area contributed by atoms with E-state index >= 15 is 0 Å². The molecule has 9 aromatic rings. The molecule has 1 aliphatic rings. The van der Waals surface area contributed by atoms with E-state index in [1.54, 1.807) is 0 Å². The SMILES string of the molecule is CC(C)(C)c1cc(-c2ccc3c(c2)c2ccc(Oc4[c-]c(N5[CH-]N(c6cc(C(C)(C)C)cc(C(C)(C)C)c6)c6c(-c7ccncc7)cccc65)ccc4)[c-]c2n3-c2cc(C(C)(C)C)ccn2)cc(C(C)(C)C)c1.[Pt]. The molecule has 0 saturated carbocycles. The molecule has 0 fully saturated rings. The average molecular weight is 1160 g/mol. The Morgan fingerprint density at radius 2 is 1.07 bits per heavy atom. The maximum Gasteiger partial charge on any atom is 0.135 e. The zero-order valence-electron chi connectivity index (χ0n) is 45.9. The Morgan fingerprint density at radius 1 is 0.473 bits per heavy atom. The standard InChI is InChI=1S/C67H70N5O.Pt/c1-63(2,3)46-28-31-69-61(39-46)72-58-25-22-44(45-32-47(64(4,5)6)35-48(33-45)65(7,8)9)34-57(58)56-24-23-54(41-60(56)72)73-53-19-16-18-51(40-53)70-42-71(52-37-49(66(10,11)12)36-50(38-52)67(13,14)15)62-55(20-17-21-59(62)70)43-26-29-68-30-27-43;/h16-39,42H,1-15H3;/q-3;. The van der Waals surface area contributed by atoms with Crippen LogP contribution in [0.4, 0.5) is 22.7 Å². The van der Waals surface area contributed by atoms with Crippen molar-refractivity contribution in [1.29, 1.82) is 0 Å². The van der Waals surface area contributed by atoms with Crippen LogP contribution in [0.2, 0.25) is 0 Å². The third-order valence-corrected chi connectivity index (χ3v) is 14.4. The smallest absolute Gasteiger partial charge is 0.135 e. The first-order valence-electron chi connectivity index (χ1n) is 25.8. The van der Waals surface area contributed by atoms with Crippen molar-refractivity contribution in [2.24, 2.45) is 0 Å². The van der Waals surface area contributed by atoms with E-state index in [2.05, 4.69) is 251 Å². The van der Waals surface area contributed by atoms with Crippen LogP contribution in [0, 0.1) is 18.8 Å². The normalized spacial score (nSPS) is 13.4. The van der Waals surface area contributed by atoms with E-state index in [4.69, 9.17) is 9.72 Å². The molecule has 0 saturated heterocycles. The molecule has 0 N–H and O–H groups in total. The van der Waals surface area contributed by atoms with Crippen LogP contribution in [0.15, 0.2) is 146 Å². The Labute approximate surface area is 455 Å². The van der Waals surface area contributed by atoms with Crippen LogP contribution in [-0.4, -0.2) is 14.5 Å². The number of rotatable bonds is 7. The maximum atomic E-state index is 6.83. The molecular weight excluding hydrogens is 1090 g/mol. The van der Waals surface area contributed by atoms with E-state index in [0.29, 0.717) is 11.5 Å². The van der Waals surface area contributed by atoms with Crippen LogP contribution in [-0.2, 0) is 48.1 Å². The Bertz CT molecular complexity index is 3490. The van der Waals surface area contributed by atoms with Crippen molar-refractivity contribution in [3.05, 3.63) is 193 Å². The first-order valence-corrected chi connectivity index (χ1v) is 25.8. The van der Waals surface area contributed by atoms with Crippen LogP contribution in [0.3, 0.4) is 0 Å². The number of hydrogen-bond donors (Lipinski definition) is 0. The van der Waals surface area contributed by atoms with E-state index < -0.39 is 0 Å². The molecular formula is C67H70N5OPt-3. The fourth-order valence-corrected chi connectivity index (χ4v) is 9.81. The number of para-hydroxylation sites is 1. The third-order valence-electron chi connectivity index (χ3n) is 14.4. The molecule has 382 valence electrons. The minimum absolute atomic E-state index is 0. The van der Waals surface area contributed by atoms with Crippen molar-refractivity contribution >= 4 is 44.6 Å². The molecule has 7 heteroatoms. The summed E-state index contributed by atoms with van der Waals surface area (Å²) >= 11 is 0. The first kappa shape index (κ1) is 52.4. The fourth-order valence-electron chi connectivity index (χ4n) is 9.81. The molecule has 0 aliphatic carbocycles. The van der Waals surface area contributed by atoms with E-state index in [1.165, 1.54) is 38.9 Å². The van der Waals surface area contributed by atoms with Gasteiger partial charge >= 0.3 is 0 Å². The van der Waals surface area contributed by atoms with E-state index in [1.807, 2.05) is 36.8 Å². The zero-order chi connectivity index (χ0) is 52.0. The fraction of sp³-hybridized carbons (Fsp3) is 0.299. The van der Waals surface area contributed by atoms with Crippen molar-refractivity contribution in [2.45, 2.75) is 131 Å². The molecule has 3 aromatic heterocycles. The van der Waals surface area contributed by atoms with Gasteiger partial charge in [0.05, 0.1) is 0 Å². The number of hydrogen-bond acceptors (Lipinski definition) is 5. The van der Waals surface area contributed by atoms with Gasteiger partial charge in [0.15, 0.2) is 0 Å². The second-order valence-corrected chi connectivity index (χ2v) is 25.1. The van der Waals surface area contributed by atoms with Gasteiger partial charge in [-0.2, -0.15) is 12.1 Å². The summed E-state index contributed by atoms with van der Waals surface area (Å²) in [6.07, 6.45) is 5.65. The van der Waals surface area contributed by atoms with Gasteiger partial charge in [0.1, 0.15) is 5.82 Å². The molecule has 74 heavy (non-hydrogen) atoms. The van der Waals surface area contributed by atoms with Crippen molar-refractivity contribution in [3.63, 3.8) is 0 Å². The predicted octanol–water partition coefficient (Wildman–Crippen LogP) is 18.2. The van der Waals surface area contributed by atoms with Crippen molar-refractivity contribution in [1.82, 2.24) is 14.5 Å². The summed E-state index contributed by atoms with van der Waals surface area (Å²) in [5.74, 6) is 2.02. The summed E-state index contributed by atoms with van der Waals surface area (Å²) < 4.78 is 9.07. The topological polar surface area (TPSA) is 46.4 Å². The van der Waals surface area contributed by atoms with E-state index in [9.17, 15) is 0 Å². The van der Waals surface area contributed by atoms with Crippen molar-refractivity contribution in [2.75, 3.05) is 9.80 Å². The predicted molar refractivity (Wildman–Crippen MR) is 306 cm³/mol. The van der Waals surface area contributed by atoms with Gasteiger partial charge in [-0.15, -0.1) is 48.1 Å². The molecule has 10 rings (SSSR count). The zero-order valence-corrected chi connectivity index (χ0v) is 48.2. The number of fused-ring (bicyclic) bond motifs is 4. The molecule has 6 nitrogen and oxygen atoms in total. The Kier molecular flexibility index (Phi) is 13.5. The van der Waals surface area contributed by atoms with Gasteiger partial charge in [0.25, 0.3) is 0 Å². The van der Waals surface area contributed by atoms with Gasteiger partial charge in [-0.05, 0) is 125 Å². The minimum Gasteiger partial charge on any atom is -0.509 e. The largest absolute Gasteiger partial charge is 0.509 e. The van der Waals surface area contributed by atoms with E-state index in [0.717, 1.165) is 61.5 Å². The third kappa shape index (κ3) is 10.2.